The Morgan fingerprint density at radius 3 is 3.00 bits per heavy atom. The van der Waals surface area contributed by atoms with Crippen LogP contribution in [0.4, 0.5) is 0 Å². The highest BCUT2D eigenvalue weighted by atomic mass is 16.7. The second kappa shape index (κ2) is 5.22. The van der Waals surface area contributed by atoms with Crippen molar-refractivity contribution in [3.63, 3.8) is 0 Å². The van der Waals surface area contributed by atoms with Gasteiger partial charge in [-0.15, -0.1) is 0 Å². The molecule has 6 atom stereocenters. The van der Waals surface area contributed by atoms with Crippen LogP contribution in [0.5, 0.6) is 5.75 Å². The van der Waals surface area contributed by atoms with E-state index in [2.05, 4.69) is 37.2 Å². The van der Waals surface area contributed by atoms with Crippen LogP contribution in [0.2, 0.25) is 0 Å². The highest BCUT2D eigenvalue weighted by Crippen LogP contribution is 2.64. The summed E-state index contributed by atoms with van der Waals surface area (Å²) in [6, 6.07) is 7.45. The minimum atomic E-state index is 0.445. The quantitative estimate of drug-likeness (QED) is 0.777. The summed E-state index contributed by atoms with van der Waals surface area (Å²) in [7, 11) is 3.93. The van der Waals surface area contributed by atoms with Crippen LogP contribution in [0.1, 0.15) is 49.7 Å². The maximum Gasteiger partial charge on any atom is 0.119 e. The molecular weight excluding hydrogens is 298 g/mol. The number of ether oxygens (including phenoxy) is 1. The predicted octanol–water partition coefficient (Wildman–Crippen LogP) is 4.02. The highest BCUT2D eigenvalue weighted by molar-refractivity contribution is 5.40. The Morgan fingerprint density at radius 2 is 2.17 bits per heavy atom. The number of methoxy groups -OCH3 is 1. The lowest BCUT2D eigenvalue weighted by Crippen LogP contribution is -2.48. The molecule has 2 saturated carbocycles. The van der Waals surface area contributed by atoms with E-state index in [0.717, 1.165) is 36.0 Å². The summed E-state index contributed by atoms with van der Waals surface area (Å²) in [5.74, 6) is 4.27. The van der Waals surface area contributed by atoms with Crippen LogP contribution in [-0.2, 0) is 11.3 Å². The first-order chi connectivity index (χ1) is 11.6. The second-order valence-corrected chi connectivity index (χ2v) is 8.81. The van der Waals surface area contributed by atoms with Crippen LogP contribution in [-0.4, -0.2) is 31.9 Å². The maximum absolute atomic E-state index is 5.87. The number of hydroxylamine groups is 2. The van der Waals surface area contributed by atoms with Gasteiger partial charge < -0.3 is 4.74 Å². The minimum Gasteiger partial charge on any atom is -0.497 e. The van der Waals surface area contributed by atoms with Crippen LogP contribution in [0.15, 0.2) is 18.2 Å². The fourth-order valence-corrected chi connectivity index (χ4v) is 7.00. The molecule has 0 radical (unpaired) electrons. The molecular formula is C21H29NO2. The van der Waals surface area contributed by atoms with Gasteiger partial charge >= 0.3 is 0 Å². The molecule has 24 heavy (non-hydrogen) atoms. The van der Waals surface area contributed by atoms with E-state index >= 15 is 0 Å². The number of fused-ring (bicyclic) bond motifs is 7. The second-order valence-electron chi connectivity index (χ2n) is 8.81. The molecule has 0 aromatic heterocycles. The highest BCUT2D eigenvalue weighted by Gasteiger charge is 2.61. The largest absolute Gasteiger partial charge is 0.497 e. The number of rotatable bonds is 1. The van der Waals surface area contributed by atoms with E-state index in [0.29, 0.717) is 11.5 Å². The lowest BCUT2D eigenvalue weighted by Gasteiger charge is -2.51. The molecule has 1 aliphatic heterocycles. The van der Waals surface area contributed by atoms with Gasteiger partial charge in [0.2, 0.25) is 0 Å². The third kappa shape index (κ3) is 1.91. The number of hydrogen-bond donors (Lipinski definition) is 0. The summed E-state index contributed by atoms with van der Waals surface area (Å²) >= 11 is 0. The van der Waals surface area contributed by atoms with E-state index in [-0.39, 0.29) is 0 Å². The SMILES string of the molecule is COc1ccc2c(c1)CC[C@@H]1[C@@H]2CC[C@]2(C)[C@@H]3[C@@H](CON3C)C[C@@H]12. The first kappa shape index (κ1) is 15.2. The molecule has 3 fully saturated rings. The van der Waals surface area contributed by atoms with Crippen molar-refractivity contribution in [1.82, 2.24) is 5.06 Å². The van der Waals surface area contributed by atoms with Gasteiger partial charge in [-0.05, 0) is 78.5 Å². The molecule has 5 rings (SSSR count). The van der Waals surface area contributed by atoms with Crippen LogP contribution in [0.25, 0.3) is 0 Å². The molecule has 0 N–H and O–H groups in total. The normalized spacial score (nSPS) is 43.7. The summed E-state index contributed by atoms with van der Waals surface area (Å²) in [5, 5.41) is 2.20. The summed E-state index contributed by atoms with van der Waals surface area (Å²) < 4.78 is 5.44. The Hall–Kier alpha value is -1.06. The summed E-state index contributed by atoms with van der Waals surface area (Å²) in [5.41, 5.74) is 3.61. The molecule has 0 spiro atoms. The van der Waals surface area contributed by atoms with E-state index in [9.17, 15) is 0 Å². The van der Waals surface area contributed by atoms with Crippen LogP contribution in [0.3, 0.4) is 0 Å². The van der Waals surface area contributed by atoms with Gasteiger partial charge in [0.15, 0.2) is 0 Å². The first-order valence-corrected chi connectivity index (χ1v) is 9.64. The maximum atomic E-state index is 5.87. The zero-order chi connectivity index (χ0) is 16.5. The van der Waals surface area contributed by atoms with Crippen molar-refractivity contribution in [2.24, 2.45) is 23.2 Å². The Bertz CT molecular complexity index is 659. The lowest BCUT2D eigenvalue weighted by atomic mass is 9.55. The molecule has 1 aromatic carbocycles. The summed E-state index contributed by atoms with van der Waals surface area (Å²) in [4.78, 5) is 5.87. The van der Waals surface area contributed by atoms with Crippen LogP contribution >= 0.6 is 0 Å². The van der Waals surface area contributed by atoms with Gasteiger partial charge in [-0.2, -0.15) is 5.06 Å². The fraction of sp³-hybridized carbons (Fsp3) is 0.714. The average molecular weight is 327 g/mol. The van der Waals surface area contributed by atoms with E-state index in [1.54, 1.807) is 12.7 Å². The van der Waals surface area contributed by atoms with Gasteiger partial charge in [0.1, 0.15) is 5.75 Å². The smallest absolute Gasteiger partial charge is 0.119 e. The molecule has 3 aliphatic carbocycles. The zero-order valence-corrected chi connectivity index (χ0v) is 15.1. The van der Waals surface area contributed by atoms with Crippen LogP contribution < -0.4 is 4.74 Å². The molecule has 1 heterocycles. The number of aryl methyl sites for hydroxylation is 1. The van der Waals surface area contributed by atoms with Crippen molar-refractivity contribution in [1.29, 1.82) is 0 Å². The standard InChI is InChI=1S/C21H29NO2/c1-21-9-8-17-16-7-5-15(23-3)10-13(16)4-6-18(17)19(21)11-14-12-24-22(2)20(14)21/h5,7,10,14,17-20H,4,6,8-9,11-12H2,1-3H3/t14-,17-,18-,19+,20+,21+/m1/s1. The topological polar surface area (TPSA) is 21.7 Å². The third-order valence-electron chi connectivity index (χ3n) is 7.93. The van der Waals surface area contributed by atoms with E-state index in [1.807, 2.05) is 0 Å². The van der Waals surface area contributed by atoms with Crippen molar-refractivity contribution in [3.8, 4) is 5.75 Å². The van der Waals surface area contributed by atoms with Crippen LogP contribution in [0, 0.1) is 23.2 Å². The zero-order valence-electron chi connectivity index (χ0n) is 15.1. The summed E-state index contributed by atoms with van der Waals surface area (Å²) in [6.07, 6.45) is 6.64. The molecule has 130 valence electrons. The molecule has 4 aliphatic rings. The van der Waals surface area contributed by atoms with Crippen molar-refractivity contribution in [2.45, 2.75) is 51.0 Å². The van der Waals surface area contributed by atoms with Crippen molar-refractivity contribution in [2.75, 3.05) is 20.8 Å². The first-order valence-electron chi connectivity index (χ1n) is 9.64. The molecule has 0 bridgehead atoms. The van der Waals surface area contributed by atoms with Gasteiger partial charge in [-0.1, -0.05) is 13.0 Å². The van der Waals surface area contributed by atoms with Gasteiger partial charge in [-0.3, -0.25) is 4.84 Å². The molecule has 3 nitrogen and oxygen atoms in total. The Labute approximate surface area is 145 Å². The van der Waals surface area contributed by atoms with Crippen molar-refractivity contribution < 1.29 is 9.57 Å². The van der Waals surface area contributed by atoms with Gasteiger partial charge in [0.05, 0.1) is 13.7 Å². The monoisotopic (exact) mass is 327 g/mol. The Balaban J connectivity index is 1.49. The average Bonchev–Trinajstić information content (AvgIpc) is 3.11. The molecule has 1 aromatic rings. The lowest BCUT2D eigenvalue weighted by molar-refractivity contribution is -0.148. The van der Waals surface area contributed by atoms with Gasteiger partial charge in [0.25, 0.3) is 0 Å². The number of nitrogens with zero attached hydrogens (tertiary/aromatic N) is 1. The summed E-state index contributed by atoms with van der Waals surface area (Å²) in [6.45, 7) is 3.51. The van der Waals surface area contributed by atoms with Crippen molar-refractivity contribution >= 4 is 0 Å². The van der Waals surface area contributed by atoms with Crippen molar-refractivity contribution in [3.05, 3.63) is 29.3 Å². The molecule has 0 amide bonds. The Morgan fingerprint density at radius 1 is 1.29 bits per heavy atom. The third-order valence-corrected chi connectivity index (χ3v) is 7.93. The molecule has 3 heteroatoms. The minimum absolute atomic E-state index is 0.445. The molecule has 0 unspecified atom stereocenters. The predicted molar refractivity (Wildman–Crippen MR) is 94.0 cm³/mol. The number of benzene rings is 1. The number of hydrogen-bond acceptors (Lipinski definition) is 3. The van der Waals surface area contributed by atoms with E-state index in [4.69, 9.17) is 9.57 Å². The van der Waals surface area contributed by atoms with E-state index < -0.39 is 0 Å². The van der Waals surface area contributed by atoms with Gasteiger partial charge in [0, 0.05) is 19.0 Å². The van der Waals surface area contributed by atoms with E-state index in [1.165, 1.54) is 37.7 Å². The van der Waals surface area contributed by atoms with Gasteiger partial charge in [-0.25, -0.2) is 0 Å². The Kier molecular flexibility index (Phi) is 3.31. The molecule has 1 saturated heterocycles. The fourth-order valence-electron chi connectivity index (χ4n) is 7.00.